The Labute approximate surface area is 178 Å². The number of rotatable bonds is 6. The Balaban J connectivity index is 1.85. The molecule has 2 aromatic carbocycles. The van der Waals surface area contributed by atoms with Crippen LogP contribution in [0.25, 0.3) is 0 Å². The maximum Gasteiger partial charge on any atom is 0.286 e. The number of morpholine rings is 1. The van der Waals surface area contributed by atoms with Crippen molar-refractivity contribution in [2.24, 2.45) is 0 Å². The smallest absolute Gasteiger partial charge is 0.286 e. The SMILES string of the molecule is COc1cc(C(=O)Nc2ccc(N3CC(C)OC(C)C3)c(F)c2)c([N+](=O)[O-])cc1OC. The summed E-state index contributed by atoms with van der Waals surface area (Å²) in [7, 11) is 2.69. The molecule has 1 heterocycles. The summed E-state index contributed by atoms with van der Waals surface area (Å²) in [6, 6.07) is 6.63. The number of nitro benzene ring substituents is 1. The summed E-state index contributed by atoms with van der Waals surface area (Å²) in [5.41, 5.74) is -0.117. The van der Waals surface area contributed by atoms with E-state index in [1.165, 1.54) is 26.4 Å². The van der Waals surface area contributed by atoms with Crippen molar-refractivity contribution >= 4 is 23.0 Å². The van der Waals surface area contributed by atoms with Crippen LogP contribution >= 0.6 is 0 Å². The highest BCUT2D eigenvalue weighted by Crippen LogP contribution is 2.35. The van der Waals surface area contributed by atoms with E-state index in [1.807, 2.05) is 18.7 Å². The molecule has 10 heteroatoms. The van der Waals surface area contributed by atoms with E-state index in [4.69, 9.17) is 14.2 Å². The number of nitrogens with zero attached hydrogens (tertiary/aromatic N) is 2. The van der Waals surface area contributed by atoms with Gasteiger partial charge < -0.3 is 24.4 Å². The van der Waals surface area contributed by atoms with Gasteiger partial charge in [-0.25, -0.2) is 4.39 Å². The number of hydrogen-bond donors (Lipinski definition) is 1. The maximum absolute atomic E-state index is 14.8. The number of hydrogen-bond acceptors (Lipinski definition) is 7. The number of nitro groups is 1. The summed E-state index contributed by atoms with van der Waals surface area (Å²) in [6.45, 7) is 4.94. The number of anilines is 2. The first-order valence-electron chi connectivity index (χ1n) is 9.65. The van der Waals surface area contributed by atoms with Crippen molar-refractivity contribution in [3.63, 3.8) is 0 Å². The Bertz CT molecular complexity index is 989. The van der Waals surface area contributed by atoms with Crippen LogP contribution in [0.2, 0.25) is 0 Å². The second-order valence-corrected chi connectivity index (χ2v) is 7.26. The number of carbonyl (C=O) groups excluding carboxylic acids is 1. The van der Waals surface area contributed by atoms with Crippen molar-refractivity contribution in [3.05, 3.63) is 51.8 Å². The molecule has 9 nitrogen and oxygen atoms in total. The summed E-state index contributed by atoms with van der Waals surface area (Å²) < 4.78 is 30.6. The van der Waals surface area contributed by atoms with Gasteiger partial charge in [0.1, 0.15) is 11.4 Å². The summed E-state index contributed by atoms with van der Waals surface area (Å²) in [4.78, 5) is 25.4. The van der Waals surface area contributed by atoms with E-state index in [0.717, 1.165) is 6.07 Å². The molecular weight excluding hydrogens is 409 g/mol. The fraction of sp³-hybridized carbons (Fsp3) is 0.381. The third kappa shape index (κ3) is 4.85. The van der Waals surface area contributed by atoms with Gasteiger partial charge in [0.05, 0.1) is 43.1 Å². The lowest BCUT2D eigenvalue weighted by molar-refractivity contribution is -0.385. The number of methoxy groups -OCH3 is 2. The monoisotopic (exact) mass is 433 g/mol. The van der Waals surface area contributed by atoms with Crippen molar-refractivity contribution in [3.8, 4) is 11.5 Å². The standard InChI is InChI=1S/C21H24FN3O6/c1-12-10-24(11-13(2)31-12)17-6-5-14(7-16(17)22)23-21(26)15-8-19(29-3)20(30-4)9-18(15)25(27)28/h5-9,12-13H,10-11H2,1-4H3,(H,23,26). The molecule has 1 aliphatic heterocycles. The van der Waals surface area contributed by atoms with E-state index >= 15 is 0 Å². The molecule has 0 saturated carbocycles. The highest BCUT2D eigenvalue weighted by Gasteiger charge is 2.26. The van der Waals surface area contributed by atoms with Gasteiger partial charge in [-0.15, -0.1) is 0 Å². The van der Waals surface area contributed by atoms with Gasteiger partial charge >= 0.3 is 0 Å². The molecule has 0 aromatic heterocycles. The van der Waals surface area contributed by atoms with Crippen LogP contribution in [0.1, 0.15) is 24.2 Å². The van der Waals surface area contributed by atoms with Crippen molar-refractivity contribution in [2.45, 2.75) is 26.1 Å². The third-order valence-corrected chi connectivity index (χ3v) is 4.91. The fourth-order valence-corrected chi connectivity index (χ4v) is 3.62. The normalized spacial score (nSPS) is 18.4. The molecule has 2 unspecified atom stereocenters. The van der Waals surface area contributed by atoms with Crippen LogP contribution in [0.5, 0.6) is 11.5 Å². The van der Waals surface area contributed by atoms with E-state index < -0.39 is 22.3 Å². The van der Waals surface area contributed by atoms with E-state index in [-0.39, 0.29) is 35.0 Å². The summed E-state index contributed by atoms with van der Waals surface area (Å²) in [5, 5.41) is 13.9. The average molecular weight is 433 g/mol. The van der Waals surface area contributed by atoms with E-state index in [2.05, 4.69) is 5.32 Å². The molecule has 2 aromatic rings. The lowest BCUT2D eigenvalue weighted by Crippen LogP contribution is -2.45. The Morgan fingerprint density at radius 3 is 2.32 bits per heavy atom. The molecule has 166 valence electrons. The van der Waals surface area contributed by atoms with Crippen molar-refractivity contribution < 1.29 is 28.3 Å². The number of ether oxygens (including phenoxy) is 3. The topological polar surface area (TPSA) is 103 Å². The zero-order valence-electron chi connectivity index (χ0n) is 17.7. The molecule has 0 aliphatic carbocycles. The molecule has 0 bridgehead atoms. The first-order chi connectivity index (χ1) is 14.7. The predicted octanol–water partition coefficient (Wildman–Crippen LogP) is 3.62. The minimum Gasteiger partial charge on any atom is -0.493 e. The van der Waals surface area contributed by atoms with Crippen molar-refractivity contribution in [2.75, 3.05) is 37.5 Å². The highest BCUT2D eigenvalue weighted by molar-refractivity contribution is 6.07. The van der Waals surface area contributed by atoms with Crippen LogP contribution in [0.3, 0.4) is 0 Å². The van der Waals surface area contributed by atoms with Gasteiger partial charge in [-0.1, -0.05) is 0 Å². The number of amides is 1. The largest absolute Gasteiger partial charge is 0.493 e. The molecule has 1 amide bonds. The Morgan fingerprint density at radius 1 is 1.16 bits per heavy atom. The van der Waals surface area contributed by atoms with Gasteiger partial charge in [0, 0.05) is 24.8 Å². The Kier molecular flexibility index (Phi) is 6.59. The maximum atomic E-state index is 14.8. The highest BCUT2D eigenvalue weighted by atomic mass is 19.1. The van der Waals surface area contributed by atoms with E-state index in [0.29, 0.717) is 18.8 Å². The quantitative estimate of drug-likeness (QED) is 0.548. The van der Waals surface area contributed by atoms with Crippen LogP contribution in [-0.2, 0) is 4.74 Å². The van der Waals surface area contributed by atoms with E-state index in [9.17, 15) is 19.3 Å². The van der Waals surface area contributed by atoms with Crippen molar-refractivity contribution in [1.82, 2.24) is 0 Å². The van der Waals surface area contributed by atoms with Gasteiger partial charge in [0.25, 0.3) is 11.6 Å². The summed E-state index contributed by atoms with van der Waals surface area (Å²) in [5.74, 6) is -1.00. The average Bonchev–Trinajstić information content (AvgIpc) is 2.71. The number of carbonyl (C=O) groups is 1. The third-order valence-electron chi connectivity index (χ3n) is 4.91. The van der Waals surface area contributed by atoms with E-state index in [1.54, 1.807) is 12.1 Å². The first-order valence-corrected chi connectivity index (χ1v) is 9.65. The van der Waals surface area contributed by atoms with Gasteiger partial charge in [0.2, 0.25) is 0 Å². The Hall–Kier alpha value is -3.40. The second kappa shape index (κ2) is 9.17. The predicted molar refractivity (Wildman–Crippen MR) is 113 cm³/mol. The lowest BCUT2D eigenvalue weighted by atomic mass is 10.1. The van der Waals surface area contributed by atoms with Crippen LogP contribution in [-0.4, -0.2) is 50.3 Å². The van der Waals surface area contributed by atoms with Gasteiger partial charge in [-0.05, 0) is 32.0 Å². The summed E-state index contributed by atoms with van der Waals surface area (Å²) in [6.07, 6.45) is -0.0683. The zero-order valence-corrected chi connectivity index (χ0v) is 17.7. The van der Waals surface area contributed by atoms with Crippen LogP contribution in [0.4, 0.5) is 21.5 Å². The number of benzene rings is 2. The van der Waals surface area contributed by atoms with Crippen LogP contribution < -0.4 is 19.7 Å². The molecule has 1 aliphatic rings. The molecule has 31 heavy (non-hydrogen) atoms. The fourth-order valence-electron chi connectivity index (χ4n) is 3.62. The van der Waals surface area contributed by atoms with Gasteiger partial charge in [-0.2, -0.15) is 0 Å². The number of halogens is 1. The van der Waals surface area contributed by atoms with Crippen LogP contribution in [0.15, 0.2) is 30.3 Å². The van der Waals surface area contributed by atoms with Gasteiger partial charge in [0.15, 0.2) is 11.5 Å². The zero-order chi connectivity index (χ0) is 22.7. The molecule has 0 spiro atoms. The lowest BCUT2D eigenvalue weighted by Gasteiger charge is -2.37. The van der Waals surface area contributed by atoms with Crippen LogP contribution in [0, 0.1) is 15.9 Å². The molecule has 3 rings (SSSR count). The molecule has 2 atom stereocenters. The molecule has 1 saturated heterocycles. The Morgan fingerprint density at radius 2 is 1.77 bits per heavy atom. The minimum absolute atomic E-state index is 0.0341. The minimum atomic E-state index is -0.770. The van der Waals surface area contributed by atoms with Crippen molar-refractivity contribution in [1.29, 1.82) is 0 Å². The molecule has 1 fully saturated rings. The summed E-state index contributed by atoms with van der Waals surface area (Å²) >= 11 is 0. The van der Waals surface area contributed by atoms with Gasteiger partial charge in [-0.3, -0.25) is 14.9 Å². The first kappa shape index (κ1) is 22.3. The molecular formula is C21H24FN3O6. The molecule has 1 N–H and O–H groups in total. The second-order valence-electron chi connectivity index (χ2n) is 7.26. The molecule has 0 radical (unpaired) electrons. The number of nitrogens with one attached hydrogen (secondary N) is 1.